The lowest BCUT2D eigenvalue weighted by Crippen LogP contribution is -2.04. The Balaban J connectivity index is 0.000000224. The van der Waals surface area contributed by atoms with Crippen LogP contribution in [0.25, 0.3) is 0 Å². The zero-order chi connectivity index (χ0) is 16.4. The molecule has 0 amide bonds. The van der Waals surface area contributed by atoms with Crippen molar-refractivity contribution >= 4 is 0 Å². The first-order valence-corrected chi connectivity index (χ1v) is 8.69. The fourth-order valence-electron chi connectivity index (χ4n) is 2.81. The third kappa shape index (κ3) is 6.05. The van der Waals surface area contributed by atoms with Gasteiger partial charge in [0.15, 0.2) is 0 Å². The molecule has 0 saturated heterocycles. The highest BCUT2D eigenvalue weighted by Gasteiger charge is 2.12. The van der Waals surface area contributed by atoms with Crippen LogP contribution in [0.2, 0.25) is 0 Å². The van der Waals surface area contributed by atoms with E-state index in [0.29, 0.717) is 5.92 Å². The van der Waals surface area contributed by atoms with Crippen LogP contribution in [0, 0.1) is 5.92 Å². The van der Waals surface area contributed by atoms with Crippen molar-refractivity contribution in [3.05, 3.63) is 71.8 Å². The third-order valence-electron chi connectivity index (χ3n) is 4.45. The molecule has 2 rings (SSSR count). The summed E-state index contributed by atoms with van der Waals surface area (Å²) < 4.78 is 0. The highest BCUT2D eigenvalue weighted by Crippen LogP contribution is 2.26. The molecular formula is C22H32. The number of benzene rings is 2. The molecule has 2 atom stereocenters. The van der Waals surface area contributed by atoms with Crippen molar-refractivity contribution in [1.82, 2.24) is 0 Å². The summed E-state index contributed by atoms with van der Waals surface area (Å²) in [5.41, 5.74) is 2.93. The first-order valence-electron chi connectivity index (χ1n) is 8.69. The van der Waals surface area contributed by atoms with Gasteiger partial charge in [-0.3, -0.25) is 0 Å². The Morgan fingerprint density at radius 2 is 1.09 bits per heavy atom. The Hall–Kier alpha value is -1.56. The largest absolute Gasteiger partial charge is 0.0648 e. The van der Waals surface area contributed by atoms with Crippen LogP contribution in [0.4, 0.5) is 0 Å². The molecule has 0 heteroatoms. The molecule has 0 aliphatic rings. The molecule has 0 N–H and O–H groups in total. The van der Waals surface area contributed by atoms with Gasteiger partial charge in [0.1, 0.15) is 0 Å². The highest BCUT2D eigenvalue weighted by atomic mass is 14.2. The second kappa shape index (κ2) is 10.2. The van der Waals surface area contributed by atoms with Gasteiger partial charge in [0.25, 0.3) is 0 Å². The van der Waals surface area contributed by atoms with Crippen LogP contribution >= 0.6 is 0 Å². The standard InChI is InChI=1S/C12H18.C10H14/c1-4-12(10(2)3)11-8-6-5-7-9-11;1-3-9(2)10-7-5-4-6-8-10/h5-10,12H,4H2,1-3H3;4-9H,3H2,1-2H3. The van der Waals surface area contributed by atoms with Crippen molar-refractivity contribution < 1.29 is 0 Å². The summed E-state index contributed by atoms with van der Waals surface area (Å²) >= 11 is 0. The summed E-state index contributed by atoms with van der Waals surface area (Å²) in [6.45, 7) is 11.3. The van der Waals surface area contributed by atoms with Crippen LogP contribution in [-0.2, 0) is 0 Å². The topological polar surface area (TPSA) is 0 Å². The second-order valence-electron chi connectivity index (χ2n) is 6.39. The van der Waals surface area contributed by atoms with E-state index < -0.39 is 0 Å². The summed E-state index contributed by atoms with van der Waals surface area (Å²) in [5, 5.41) is 0. The molecule has 0 aliphatic carbocycles. The molecule has 0 aromatic heterocycles. The van der Waals surface area contributed by atoms with Gasteiger partial charge < -0.3 is 0 Å². The molecule has 0 nitrogen and oxygen atoms in total. The minimum Gasteiger partial charge on any atom is -0.0648 e. The average Bonchev–Trinajstić information content (AvgIpc) is 2.57. The van der Waals surface area contributed by atoms with E-state index in [0.717, 1.165) is 11.8 Å². The Labute approximate surface area is 137 Å². The smallest absolute Gasteiger partial charge is 0.0141 e. The Kier molecular flexibility index (Phi) is 8.58. The maximum Gasteiger partial charge on any atom is -0.0141 e. The molecule has 0 saturated carbocycles. The van der Waals surface area contributed by atoms with Crippen LogP contribution in [0.15, 0.2) is 60.7 Å². The van der Waals surface area contributed by atoms with E-state index in [1.807, 2.05) is 0 Å². The quantitative estimate of drug-likeness (QED) is 0.555. The van der Waals surface area contributed by atoms with E-state index in [1.165, 1.54) is 24.0 Å². The summed E-state index contributed by atoms with van der Waals surface area (Å²) in [5.74, 6) is 2.18. The van der Waals surface area contributed by atoms with E-state index >= 15 is 0 Å². The van der Waals surface area contributed by atoms with Crippen LogP contribution in [-0.4, -0.2) is 0 Å². The minimum absolute atomic E-state index is 0.709. The SMILES string of the molecule is CCC(C)c1ccccc1.CCC(c1ccccc1)C(C)C. The Bertz CT molecular complexity index is 484. The molecule has 120 valence electrons. The van der Waals surface area contributed by atoms with Crippen LogP contribution in [0.3, 0.4) is 0 Å². The highest BCUT2D eigenvalue weighted by molar-refractivity contribution is 5.20. The second-order valence-corrected chi connectivity index (χ2v) is 6.39. The maximum absolute atomic E-state index is 2.29. The van der Waals surface area contributed by atoms with Crippen molar-refractivity contribution in [3.8, 4) is 0 Å². The third-order valence-corrected chi connectivity index (χ3v) is 4.45. The lowest BCUT2D eigenvalue weighted by molar-refractivity contribution is 0.485. The monoisotopic (exact) mass is 296 g/mol. The van der Waals surface area contributed by atoms with Crippen LogP contribution in [0.5, 0.6) is 0 Å². The predicted molar refractivity (Wildman–Crippen MR) is 99.5 cm³/mol. The minimum atomic E-state index is 0.709. The molecule has 0 aliphatic heterocycles. The number of hydrogen-bond donors (Lipinski definition) is 0. The molecule has 2 aromatic carbocycles. The van der Waals surface area contributed by atoms with Crippen molar-refractivity contribution in [3.63, 3.8) is 0 Å². The van der Waals surface area contributed by atoms with Crippen molar-refractivity contribution in [1.29, 1.82) is 0 Å². The zero-order valence-electron chi connectivity index (χ0n) is 14.9. The summed E-state index contributed by atoms with van der Waals surface area (Å²) in [7, 11) is 0. The van der Waals surface area contributed by atoms with Gasteiger partial charge in [-0.15, -0.1) is 0 Å². The van der Waals surface area contributed by atoms with Gasteiger partial charge in [0.2, 0.25) is 0 Å². The fourth-order valence-corrected chi connectivity index (χ4v) is 2.81. The first kappa shape index (κ1) is 18.5. The van der Waals surface area contributed by atoms with Crippen LogP contribution < -0.4 is 0 Å². The van der Waals surface area contributed by atoms with Gasteiger partial charge >= 0.3 is 0 Å². The molecule has 0 radical (unpaired) electrons. The summed E-state index contributed by atoms with van der Waals surface area (Å²) in [6, 6.07) is 21.4. The first-order chi connectivity index (χ1) is 10.6. The average molecular weight is 296 g/mol. The fraction of sp³-hybridized carbons (Fsp3) is 0.455. The van der Waals surface area contributed by atoms with E-state index in [9.17, 15) is 0 Å². The normalized spacial score (nSPS) is 13.2. The van der Waals surface area contributed by atoms with Gasteiger partial charge in [-0.1, -0.05) is 95.3 Å². The van der Waals surface area contributed by atoms with Gasteiger partial charge in [-0.2, -0.15) is 0 Å². The Morgan fingerprint density at radius 3 is 1.45 bits per heavy atom. The summed E-state index contributed by atoms with van der Waals surface area (Å²) in [6.07, 6.45) is 2.46. The van der Waals surface area contributed by atoms with E-state index in [1.54, 1.807) is 0 Å². The van der Waals surface area contributed by atoms with E-state index in [4.69, 9.17) is 0 Å². The van der Waals surface area contributed by atoms with E-state index in [-0.39, 0.29) is 0 Å². The van der Waals surface area contributed by atoms with Crippen LogP contribution in [0.1, 0.15) is 70.4 Å². The molecule has 0 spiro atoms. The molecule has 0 fully saturated rings. The summed E-state index contributed by atoms with van der Waals surface area (Å²) in [4.78, 5) is 0. The molecular weight excluding hydrogens is 264 g/mol. The molecule has 22 heavy (non-hydrogen) atoms. The van der Waals surface area contributed by atoms with Crippen molar-refractivity contribution in [2.75, 3.05) is 0 Å². The lowest BCUT2D eigenvalue weighted by atomic mass is 9.86. The molecule has 2 aromatic rings. The maximum atomic E-state index is 2.29. The number of rotatable bonds is 5. The number of hydrogen-bond acceptors (Lipinski definition) is 0. The Morgan fingerprint density at radius 1 is 0.636 bits per heavy atom. The lowest BCUT2D eigenvalue weighted by Gasteiger charge is -2.18. The predicted octanol–water partition coefficient (Wildman–Crippen LogP) is 7.04. The van der Waals surface area contributed by atoms with Gasteiger partial charge in [-0.25, -0.2) is 0 Å². The van der Waals surface area contributed by atoms with E-state index in [2.05, 4.69) is 95.3 Å². The zero-order valence-corrected chi connectivity index (χ0v) is 14.9. The van der Waals surface area contributed by atoms with Gasteiger partial charge in [0.05, 0.1) is 0 Å². The molecule has 2 unspecified atom stereocenters. The molecule has 0 heterocycles. The molecule has 0 bridgehead atoms. The van der Waals surface area contributed by atoms with Gasteiger partial charge in [0, 0.05) is 0 Å². The van der Waals surface area contributed by atoms with Crippen molar-refractivity contribution in [2.45, 2.75) is 59.3 Å². The van der Waals surface area contributed by atoms with Crippen molar-refractivity contribution in [2.24, 2.45) is 5.92 Å². The van der Waals surface area contributed by atoms with Gasteiger partial charge in [-0.05, 0) is 41.7 Å².